The average molecular weight is 428 g/mol. The molecule has 2 heterocycles. The number of urea groups is 1. The number of thiophene rings is 1. The molecule has 0 radical (unpaired) electrons. The second-order valence-corrected chi connectivity index (χ2v) is 8.81. The van der Waals surface area contributed by atoms with Crippen LogP contribution in [-0.4, -0.2) is 47.9 Å². The Kier molecular flexibility index (Phi) is 8.31. The van der Waals surface area contributed by atoms with E-state index >= 15 is 0 Å². The number of carbonyl (C=O) groups excluding carboxylic acids is 2. The summed E-state index contributed by atoms with van der Waals surface area (Å²) >= 11 is 1.77. The van der Waals surface area contributed by atoms with Crippen LogP contribution in [0.5, 0.6) is 0 Å². The molecule has 3 amide bonds. The van der Waals surface area contributed by atoms with Crippen molar-refractivity contribution in [2.75, 3.05) is 26.2 Å². The number of hydrogen-bond acceptors (Lipinski definition) is 3. The molecule has 0 saturated heterocycles. The highest BCUT2D eigenvalue weighted by atomic mass is 32.1. The Morgan fingerprint density at radius 1 is 1.13 bits per heavy atom. The van der Waals surface area contributed by atoms with Gasteiger partial charge < -0.3 is 15.1 Å². The first-order valence-electron chi connectivity index (χ1n) is 11.1. The van der Waals surface area contributed by atoms with Gasteiger partial charge in [0.05, 0.1) is 6.04 Å². The number of hydrogen-bond donors (Lipinski definition) is 1. The average Bonchev–Trinajstić information content (AvgIpc) is 3.25. The second kappa shape index (κ2) is 11.2. The highest BCUT2D eigenvalue weighted by Gasteiger charge is 2.33. The molecule has 30 heavy (non-hydrogen) atoms. The molecule has 0 unspecified atom stereocenters. The molecular weight excluding hydrogens is 394 g/mol. The Hall–Kier alpha value is -2.34. The van der Waals surface area contributed by atoms with Gasteiger partial charge in [0.15, 0.2) is 0 Å². The summed E-state index contributed by atoms with van der Waals surface area (Å²) in [7, 11) is 0. The molecule has 1 aromatic heterocycles. The summed E-state index contributed by atoms with van der Waals surface area (Å²) < 4.78 is 0. The van der Waals surface area contributed by atoms with Gasteiger partial charge in [-0.15, -0.1) is 11.3 Å². The van der Waals surface area contributed by atoms with E-state index in [-0.39, 0.29) is 24.5 Å². The third-order valence-corrected chi connectivity index (χ3v) is 6.60. The van der Waals surface area contributed by atoms with Gasteiger partial charge in [0, 0.05) is 24.5 Å². The first kappa shape index (κ1) is 22.3. The Labute approximate surface area is 184 Å². The van der Waals surface area contributed by atoms with Crippen molar-refractivity contribution in [3.8, 4) is 0 Å². The smallest absolute Gasteiger partial charge is 0.317 e. The topological polar surface area (TPSA) is 52.7 Å². The van der Waals surface area contributed by atoms with Crippen molar-refractivity contribution < 1.29 is 9.59 Å². The van der Waals surface area contributed by atoms with Gasteiger partial charge in [-0.1, -0.05) is 57.0 Å². The third-order valence-electron chi connectivity index (χ3n) is 5.60. The molecule has 1 atom stereocenters. The molecule has 2 aromatic rings. The minimum atomic E-state index is -0.130. The van der Waals surface area contributed by atoms with Crippen molar-refractivity contribution in [3.63, 3.8) is 0 Å². The van der Waals surface area contributed by atoms with Crippen LogP contribution in [-0.2, 0) is 11.2 Å². The molecule has 3 rings (SSSR count). The van der Waals surface area contributed by atoms with Crippen LogP contribution in [0.2, 0.25) is 0 Å². The predicted octanol–water partition coefficient (Wildman–Crippen LogP) is 4.83. The van der Waals surface area contributed by atoms with Gasteiger partial charge in [-0.3, -0.25) is 4.79 Å². The van der Waals surface area contributed by atoms with Gasteiger partial charge in [0.2, 0.25) is 5.91 Å². The van der Waals surface area contributed by atoms with Crippen LogP contribution >= 0.6 is 11.3 Å². The Bertz CT molecular complexity index is 821. The zero-order valence-electron chi connectivity index (χ0n) is 18.1. The van der Waals surface area contributed by atoms with Crippen LogP contribution in [0.15, 0.2) is 41.8 Å². The molecule has 0 bridgehead atoms. The van der Waals surface area contributed by atoms with Crippen molar-refractivity contribution >= 4 is 23.3 Å². The maximum atomic E-state index is 13.4. The number of rotatable bonds is 9. The third kappa shape index (κ3) is 5.42. The van der Waals surface area contributed by atoms with Gasteiger partial charge in [0.25, 0.3) is 0 Å². The fourth-order valence-electron chi connectivity index (χ4n) is 3.92. The minimum absolute atomic E-state index is 0.0162. The standard InChI is InChI=1S/C24H33N3O2S/c1-3-5-14-25-24(29)26(15-6-4-2)18-22(28)27-16-12-21-20(13-17-30-21)23(27)19-10-8-7-9-11-19/h7-11,13,17,23H,3-6,12,14-16,18H2,1-2H3,(H,25,29)/t23-/m1/s1. The fourth-order valence-corrected chi connectivity index (χ4v) is 4.82. The SMILES string of the molecule is CCCCNC(=O)N(CCCC)CC(=O)N1CCc2sccc2[C@H]1c1ccccc1. The van der Waals surface area contributed by atoms with Crippen LogP contribution in [0.4, 0.5) is 4.79 Å². The van der Waals surface area contributed by atoms with E-state index < -0.39 is 0 Å². The summed E-state index contributed by atoms with van der Waals surface area (Å²) in [5.74, 6) is 0.0162. The van der Waals surface area contributed by atoms with Crippen molar-refractivity contribution in [2.45, 2.75) is 52.0 Å². The summed E-state index contributed by atoms with van der Waals surface area (Å²) in [4.78, 5) is 31.1. The summed E-state index contributed by atoms with van der Waals surface area (Å²) in [6, 6.07) is 12.2. The van der Waals surface area contributed by atoms with E-state index in [1.807, 2.05) is 23.1 Å². The first-order valence-corrected chi connectivity index (χ1v) is 12.0. The van der Waals surface area contributed by atoms with E-state index in [9.17, 15) is 9.59 Å². The van der Waals surface area contributed by atoms with Crippen LogP contribution < -0.4 is 5.32 Å². The molecule has 0 aliphatic carbocycles. The van der Waals surface area contributed by atoms with Crippen LogP contribution in [0, 0.1) is 0 Å². The van der Waals surface area contributed by atoms with Gasteiger partial charge in [0.1, 0.15) is 6.54 Å². The highest BCUT2D eigenvalue weighted by Crippen LogP contribution is 2.37. The molecule has 0 saturated carbocycles. The van der Waals surface area contributed by atoms with Gasteiger partial charge in [-0.2, -0.15) is 0 Å². The van der Waals surface area contributed by atoms with Crippen LogP contribution in [0.3, 0.4) is 0 Å². The lowest BCUT2D eigenvalue weighted by atomic mass is 9.93. The quantitative estimate of drug-likeness (QED) is 0.583. The fraction of sp³-hybridized carbons (Fsp3) is 0.500. The highest BCUT2D eigenvalue weighted by molar-refractivity contribution is 7.10. The Balaban J connectivity index is 1.77. The van der Waals surface area contributed by atoms with E-state index in [1.54, 1.807) is 16.2 Å². The number of carbonyl (C=O) groups is 2. The molecule has 1 aliphatic rings. The predicted molar refractivity (Wildman–Crippen MR) is 123 cm³/mol. The second-order valence-electron chi connectivity index (χ2n) is 7.81. The van der Waals surface area contributed by atoms with Crippen LogP contribution in [0.25, 0.3) is 0 Å². The Morgan fingerprint density at radius 3 is 2.63 bits per heavy atom. The van der Waals surface area contributed by atoms with Gasteiger partial charge in [-0.25, -0.2) is 4.79 Å². The number of unbranched alkanes of at least 4 members (excludes halogenated alkanes) is 2. The number of nitrogens with one attached hydrogen (secondary N) is 1. The number of nitrogens with zero attached hydrogens (tertiary/aromatic N) is 2. The first-order chi connectivity index (χ1) is 14.7. The number of fused-ring (bicyclic) bond motifs is 1. The summed E-state index contributed by atoms with van der Waals surface area (Å²) in [6.07, 6.45) is 4.74. The van der Waals surface area contributed by atoms with E-state index in [0.29, 0.717) is 19.6 Å². The lowest BCUT2D eigenvalue weighted by Gasteiger charge is -2.37. The van der Waals surface area contributed by atoms with E-state index in [1.165, 1.54) is 10.4 Å². The van der Waals surface area contributed by atoms with Gasteiger partial charge in [-0.05, 0) is 41.8 Å². The molecule has 1 aliphatic heterocycles. The lowest BCUT2D eigenvalue weighted by Crippen LogP contribution is -2.49. The number of benzene rings is 1. The summed E-state index contributed by atoms with van der Waals surface area (Å²) in [5.41, 5.74) is 2.34. The maximum absolute atomic E-state index is 13.4. The van der Waals surface area contributed by atoms with Gasteiger partial charge >= 0.3 is 6.03 Å². The molecule has 0 spiro atoms. The van der Waals surface area contributed by atoms with Crippen molar-refractivity contribution in [3.05, 3.63) is 57.8 Å². The minimum Gasteiger partial charge on any atom is -0.338 e. The zero-order chi connectivity index (χ0) is 21.3. The zero-order valence-corrected chi connectivity index (χ0v) is 18.9. The molecule has 6 heteroatoms. The molecule has 1 aromatic carbocycles. The summed E-state index contributed by atoms with van der Waals surface area (Å²) in [5, 5.41) is 5.09. The summed E-state index contributed by atoms with van der Waals surface area (Å²) in [6.45, 7) is 6.27. The normalized spacial score (nSPS) is 15.5. The molecule has 0 fully saturated rings. The Morgan fingerprint density at radius 2 is 1.90 bits per heavy atom. The molecular formula is C24H33N3O2S. The van der Waals surface area contributed by atoms with Crippen molar-refractivity contribution in [1.29, 1.82) is 0 Å². The maximum Gasteiger partial charge on any atom is 0.317 e. The largest absolute Gasteiger partial charge is 0.338 e. The van der Waals surface area contributed by atoms with Crippen molar-refractivity contribution in [2.24, 2.45) is 0 Å². The van der Waals surface area contributed by atoms with E-state index in [2.05, 4.69) is 42.7 Å². The van der Waals surface area contributed by atoms with E-state index in [0.717, 1.165) is 37.7 Å². The molecule has 162 valence electrons. The lowest BCUT2D eigenvalue weighted by molar-refractivity contribution is -0.133. The molecule has 1 N–H and O–H groups in total. The van der Waals surface area contributed by atoms with Crippen molar-refractivity contribution in [1.82, 2.24) is 15.1 Å². The van der Waals surface area contributed by atoms with E-state index in [4.69, 9.17) is 0 Å². The monoisotopic (exact) mass is 427 g/mol. The number of amides is 3. The molecule has 5 nitrogen and oxygen atoms in total. The van der Waals surface area contributed by atoms with Crippen LogP contribution in [0.1, 0.15) is 61.6 Å².